The molecule has 1 saturated heterocycles. The van der Waals surface area contributed by atoms with Gasteiger partial charge in [-0.2, -0.15) is 11.8 Å². The molecule has 3 rings (SSSR count). The van der Waals surface area contributed by atoms with Gasteiger partial charge in [0.15, 0.2) is 0 Å². The largest absolute Gasteiger partial charge is 0.459 e. The number of rotatable bonds is 3. The van der Waals surface area contributed by atoms with Gasteiger partial charge in [0.2, 0.25) is 0 Å². The fraction of sp³-hybridized carbons (Fsp3) is 0.429. The smallest absolute Gasteiger partial charge is 0.134 e. The van der Waals surface area contributed by atoms with Gasteiger partial charge in [-0.3, -0.25) is 0 Å². The highest BCUT2D eigenvalue weighted by atomic mass is 79.9. The Hall–Kier alpha value is -0.450. The lowest BCUT2D eigenvalue weighted by atomic mass is 10.2. The Labute approximate surface area is 120 Å². The molecule has 2 aromatic rings. The summed E-state index contributed by atoms with van der Waals surface area (Å²) in [5, 5.41) is 4.81. The van der Waals surface area contributed by atoms with Gasteiger partial charge in [-0.05, 0) is 43.4 Å². The van der Waals surface area contributed by atoms with Gasteiger partial charge in [0.1, 0.15) is 11.3 Å². The van der Waals surface area contributed by atoms with Gasteiger partial charge < -0.3 is 9.73 Å². The van der Waals surface area contributed by atoms with Crippen LogP contribution in [0.25, 0.3) is 11.0 Å². The number of nitrogens with one attached hydrogen (secondary N) is 1. The Morgan fingerprint density at radius 2 is 2.33 bits per heavy atom. The van der Waals surface area contributed by atoms with Crippen molar-refractivity contribution >= 4 is 38.7 Å². The van der Waals surface area contributed by atoms with Gasteiger partial charge in [0.05, 0.1) is 6.04 Å². The predicted octanol–water partition coefficient (Wildman–Crippen LogP) is 4.35. The van der Waals surface area contributed by atoms with Gasteiger partial charge in [-0.1, -0.05) is 15.9 Å². The predicted molar refractivity (Wildman–Crippen MR) is 81.2 cm³/mol. The maximum atomic E-state index is 5.90. The highest BCUT2D eigenvalue weighted by molar-refractivity contribution is 9.10. The minimum absolute atomic E-state index is 0.278. The van der Waals surface area contributed by atoms with Crippen molar-refractivity contribution in [1.82, 2.24) is 5.32 Å². The van der Waals surface area contributed by atoms with E-state index in [4.69, 9.17) is 4.42 Å². The Kier molecular flexibility index (Phi) is 3.68. The van der Waals surface area contributed by atoms with Crippen molar-refractivity contribution in [3.05, 3.63) is 34.5 Å². The first-order valence-corrected chi connectivity index (χ1v) is 8.20. The van der Waals surface area contributed by atoms with Crippen LogP contribution in [0.4, 0.5) is 0 Å². The summed E-state index contributed by atoms with van der Waals surface area (Å²) < 4.78 is 7.00. The van der Waals surface area contributed by atoms with Gasteiger partial charge >= 0.3 is 0 Å². The molecule has 1 N–H and O–H groups in total. The van der Waals surface area contributed by atoms with Crippen LogP contribution >= 0.6 is 27.7 Å². The second-order valence-corrected chi connectivity index (χ2v) is 6.85. The van der Waals surface area contributed by atoms with Crippen LogP contribution < -0.4 is 5.32 Å². The first-order valence-electron chi connectivity index (χ1n) is 6.25. The number of hydrogen-bond acceptors (Lipinski definition) is 3. The van der Waals surface area contributed by atoms with E-state index in [0.717, 1.165) is 21.2 Å². The molecule has 2 atom stereocenters. The Balaban J connectivity index is 1.80. The highest BCUT2D eigenvalue weighted by Gasteiger charge is 2.19. The monoisotopic (exact) mass is 325 g/mol. The van der Waals surface area contributed by atoms with E-state index in [2.05, 4.69) is 40.3 Å². The fourth-order valence-electron chi connectivity index (χ4n) is 2.35. The van der Waals surface area contributed by atoms with Gasteiger partial charge in [0, 0.05) is 21.7 Å². The summed E-state index contributed by atoms with van der Waals surface area (Å²) in [6.07, 6.45) is 1.26. The molecule has 0 bridgehead atoms. The van der Waals surface area contributed by atoms with E-state index in [9.17, 15) is 0 Å². The SMILES string of the molecule is CC(NC1CCSC1)c1cc2cc(Br)ccc2o1. The molecule has 1 aliphatic rings. The standard InChI is InChI=1S/C14H16BrNOS/c1-9(16-12-4-5-18-8-12)14-7-10-6-11(15)2-3-13(10)17-14/h2-3,6-7,9,12,16H,4-5,8H2,1H3. The number of benzene rings is 1. The third-order valence-electron chi connectivity index (χ3n) is 3.34. The molecule has 0 aliphatic carbocycles. The quantitative estimate of drug-likeness (QED) is 0.908. The molecule has 1 aromatic heterocycles. The van der Waals surface area contributed by atoms with Crippen LogP contribution in [0.3, 0.4) is 0 Å². The Morgan fingerprint density at radius 1 is 1.44 bits per heavy atom. The molecule has 0 radical (unpaired) electrons. The zero-order valence-corrected chi connectivity index (χ0v) is 12.7. The van der Waals surface area contributed by atoms with Crippen LogP contribution in [0.2, 0.25) is 0 Å². The molecule has 4 heteroatoms. The van der Waals surface area contributed by atoms with E-state index in [1.54, 1.807) is 0 Å². The van der Waals surface area contributed by atoms with Crippen LogP contribution in [0.15, 0.2) is 33.2 Å². The molecule has 96 valence electrons. The molecule has 0 saturated carbocycles. The van der Waals surface area contributed by atoms with E-state index >= 15 is 0 Å². The average Bonchev–Trinajstić information content (AvgIpc) is 2.96. The lowest BCUT2D eigenvalue weighted by Gasteiger charge is -2.16. The molecule has 0 amide bonds. The van der Waals surface area contributed by atoms with E-state index in [0.29, 0.717) is 6.04 Å². The van der Waals surface area contributed by atoms with E-state index in [-0.39, 0.29) is 6.04 Å². The molecule has 0 spiro atoms. The van der Waals surface area contributed by atoms with Gasteiger partial charge in [-0.25, -0.2) is 0 Å². The summed E-state index contributed by atoms with van der Waals surface area (Å²) in [5.74, 6) is 3.52. The van der Waals surface area contributed by atoms with Crippen molar-refractivity contribution in [2.75, 3.05) is 11.5 Å². The summed E-state index contributed by atoms with van der Waals surface area (Å²) in [5.41, 5.74) is 0.961. The summed E-state index contributed by atoms with van der Waals surface area (Å²) in [4.78, 5) is 0. The third kappa shape index (κ3) is 2.60. The fourth-order valence-corrected chi connectivity index (χ4v) is 3.89. The lowest BCUT2D eigenvalue weighted by molar-refractivity contribution is 0.415. The second kappa shape index (κ2) is 5.27. The number of halogens is 1. The summed E-state index contributed by atoms with van der Waals surface area (Å²) >= 11 is 5.52. The number of fused-ring (bicyclic) bond motifs is 1. The summed E-state index contributed by atoms with van der Waals surface area (Å²) in [6, 6.07) is 9.17. The first kappa shape index (κ1) is 12.6. The third-order valence-corrected chi connectivity index (χ3v) is 5.00. The van der Waals surface area contributed by atoms with Crippen LogP contribution in [-0.2, 0) is 0 Å². The maximum Gasteiger partial charge on any atom is 0.134 e. The molecule has 2 nitrogen and oxygen atoms in total. The normalized spacial score (nSPS) is 21.6. The first-order chi connectivity index (χ1) is 8.72. The number of hydrogen-bond donors (Lipinski definition) is 1. The Morgan fingerprint density at radius 3 is 3.11 bits per heavy atom. The lowest BCUT2D eigenvalue weighted by Crippen LogP contribution is -2.30. The van der Waals surface area contributed by atoms with Crippen molar-refractivity contribution in [3.8, 4) is 0 Å². The minimum Gasteiger partial charge on any atom is -0.459 e. The molecule has 1 aliphatic heterocycles. The Bertz CT molecular complexity index is 548. The molecule has 18 heavy (non-hydrogen) atoms. The summed E-state index contributed by atoms with van der Waals surface area (Å²) in [6.45, 7) is 2.18. The van der Waals surface area contributed by atoms with E-state index in [1.165, 1.54) is 17.9 Å². The molecule has 2 unspecified atom stereocenters. The number of furan rings is 1. The van der Waals surface area contributed by atoms with Gasteiger partial charge in [0.25, 0.3) is 0 Å². The maximum absolute atomic E-state index is 5.90. The van der Waals surface area contributed by atoms with Crippen LogP contribution in [0, 0.1) is 0 Å². The van der Waals surface area contributed by atoms with Crippen molar-refractivity contribution < 1.29 is 4.42 Å². The molecule has 1 fully saturated rings. The van der Waals surface area contributed by atoms with Crippen molar-refractivity contribution in [1.29, 1.82) is 0 Å². The average molecular weight is 326 g/mol. The molecule has 2 heterocycles. The zero-order valence-electron chi connectivity index (χ0n) is 10.3. The minimum atomic E-state index is 0.278. The number of thioether (sulfide) groups is 1. The molecule has 1 aromatic carbocycles. The van der Waals surface area contributed by atoms with E-state index in [1.807, 2.05) is 23.9 Å². The van der Waals surface area contributed by atoms with E-state index < -0.39 is 0 Å². The van der Waals surface area contributed by atoms with Crippen molar-refractivity contribution in [2.45, 2.75) is 25.4 Å². The molecular weight excluding hydrogens is 310 g/mol. The highest BCUT2D eigenvalue weighted by Crippen LogP contribution is 2.28. The van der Waals surface area contributed by atoms with Crippen molar-refractivity contribution in [2.24, 2.45) is 0 Å². The van der Waals surface area contributed by atoms with Crippen molar-refractivity contribution in [3.63, 3.8) is 0 Å². The van der Waals surface area contributed by atoms with Crippen LogP contribution in [-0.4, -0.2) is 17.5 Å². The van der Waals surface area contributed by atoms with Crippen LogP contribution in [0.1, 0.15) is 25.1 Å². The second-order valence-electron chi connectivity index (χ2n) is 4.78. The zero-order chi connectivity index (χ0) is 12.5. The van der Waals surface area contributed by atoms with Crippen LogP contribution in [0.5, 0.6) is 0 Å². The van der Waals surface area contributed by atoms with Gasteiger partial charge in [-0.15, -0.1) is 0 Å². The topological polar surface area (TPSA) is 25.2 Å². The molecular formula is C14H16BrNOS. The summed E-state index contributed by atoms with van der Waals surface area (Å²) in [7, 11) is 0.